The Morgan fingerprint density at radius 3 is 2.67 bits per heavy atom. The molecule has 0 saturated carbocycles. The van der Waals surface area contributed by atoms with Crippen LogP contribution in [0.2, 0.25) is 0 Å². The first-order valence-electron chi connectivity index (χ1n) is 6.86. The van der Waals surface area contributed by atoms with Crippen LogP contribution < -0.4 is 5.32 Å². The number of amidine groups is 1. The molecule has 0 unspecified atom stereocenters. The van der Waals surface area contributed by atoms with Crippen LogP contribution in [-0.2, 0) is 11.2 Å². The number of nitrogens with one attached hydrogen (secondary N) is 1. The first-order chi connectivity index (χ1) is 10.3. The van der Waals surface area contributed by atoms with Crippen LogP contribution in [0.15, 0.2) is 65.5 Å². The molecule has 0 aliphatic carbocycles. The molecule has 0 atom stereocenters. The molecule has 2 heterocycles. The van der Waals surface area contributed by atoms with Gasteiger partial charge < -0.3 is 5.32 Å². The maximum atomic E-state index is 11.9. The molecule has 0 radical (unpaired) electrons. The number of nitrogens with zero attached hydrogens (tertiary/aromatic N) is 2. The second kappa shape index (κ2) is 6.13. The molecule has 4 nitrogen and oxygen atoms in total. The van der Waals surface area contributed by atoms with Gasteiger partial charge in [-0.1, -0.05) is 36.4 Å². The van der Waals surface area contributed by atoms with Gasteiger partial charge in [-0.25, -0.2) is 4.99 Å². The lowest BCUT2D eigenvalue weighted by atomic mass is 10.1. The van der Waals surface area contributed by atoms with E-state index in [0.717, 1.165) is 24.2 Å². The molecule has 21 heavy (non-hydrogen) atoms. The summed E-state index contributed by atoms with van der Waals surface area (Å²) in [6.07, 6.45) is 6.74. The molecule has 1 aromatic heterocycles. The van der Waals surface area contributed by atoms with Gasteiger partial charge in [0.25, 0.3) is 5.91 Å². The normalized spacial score (nSPS) is 15.9. The molecule has 1 amide bonds. The van der Waals surface area contributed by atoms with E-state index < -0.39 is 0 Å². The number of rotatable bonds is 4. The topological polar surface area (TPSA) is 54.4 Å². The summed E-state index contributed by atoms with van der Waals surface area (Å²) < 4.78 is 0. The molecule has 3 rings (SSSR count). The van der Waals surface area contributed by atoms with Gasteiger partial charge in [0.2, 0.25) is 0 Å². The molecule has 1 aliphatic heterocycles. The smallest absolute Gasteiger partial charge is 0.275 e. The Hall–Kier alpha value is -2.75. The number of benzene rings is 1. The highest BCUT2D eigenvalue weighted by Crippen LogP contribution is 2.13. The van der Waals surface area contributed by atoms with E-state index in [4.69, 9.17) is 0 Å². The number of hydrogen-bond acceptors (Lipinski definition) is 3. The molecule has 104 valence electrons. The highest BCUT2D eigenvalue weighted by Gasteiger charge is 2.19. The Morgan fingerprint density at radius 1 is 1.05 bits per heavy atom. The highest BCUT2D eigenvalue weighted by atomic mass is 16.2. The van der Waals surface area contributed by atoms with Gasteiger partial charge in [-0.3, -0.25) is 9.78 Å². The van der Waals surface area contributed by atoms with Gasteiger partial charge in [-0.05, 0) is 29.7 Å². The second-order valence-electron chi connectivity index (χ2n) is 4.81. The van der Waals surface area contributed by atoms with Crippen molar-refractivity contribution in [3.63, 3.8) is 0 Å². The van der Waals surface area contributed by atoms with Gasteiger partial charge in [-0.2, -0.15) is 0 Å². The summed E-state index contributed by atoms with van der Waals surface area (Å²) in [5.74, 6) is 0.570. The summed E-state index contributed by atoms with van der Waals surface area (Å²) in [5, 5.41) is 2.82. The Balaban J connectivity index is 1.69. The quantitative estimate of drug-likeness (QED) is 0.873. The lowest BCUT2D eigenvalue weighted by molar-refractivity contribution is -0.115. The average Bonchev–Trinajstić information content (AvgIpc) is 2.87. The third kappa shape index (κ3) is 3.42. The van der Waals surface area contributed by atoms with Crippen LogP contribution in [0, 0.1) is 0 Å². The molecule has 4 heteroatoms. The molecule has 1 N–H and O–H groups in total. The molecule has 0 fully saturated rings. The first-order valence-corrected chi connectivity index (χ1v) is 6.86. The van der Waals surface area contributed by atoms with Crippen molar-refractivity contribution in [3.8, 4) is 0 Å². The van der Waals surface area contributed by atoms with E-state index in [1.165, 1.54) is 5.56 Å². The molecule has 0 bridgehead atoms. The zero-order chi connectivity index (χ0) is 14.5. The van der Waals surface area contributed by atoms with Crippen molar-refractivity contribution < 1.29 is 4.79 Å². The number of hydrogen-bond donors (Lipinski definition) is 1. The van der Waals surface area contributed by atoms with Crippen molar-refractivity contribution in [2.75, 3.05) is 0 Å². The zero-order valence-corrected chi connectivity index (χ0v) is 11.5. The number of carbonyl (C=O) groups excluding carboxylic acids is 1. The minimum absolute atomic E-state index is 0.151. The van der Waals surface area contributed by atoms with Crippen molar-refractivity contribution in [3.05, 3.63) is 71.7 Å². The van der Waals surface area contributed by atoms with Crippen molar-refractivity contribution in [1.29, 1.82) is 0 Å². The fraction of sp³-hybridized carbons (Fsp3) is 0.118. The van der Waals surface area contributed by atoms with Gasteiger partial charge in [0.1, 0.15) is 11.5 Å². The van der Waals surface area contributed by atoms with Gasteiger partial charge in [0.15, 0.2) is 0 Å². The molecule has 2 aromatic rings. The monoisotopic (exact) mass is 277 g/mol. The molecule has 1 aliphatic rings. The number of aryl methyl sites for hydroxylation is 1. The first kappa shape index (κ1) is 13.2. The van der Waals surface area contributed by atoms with Crippen LogP contribution in [0.25, 0.3) is 6.08 Å². The fourth-order valence-corrected chi connectivity index (χ4v) is 2.16. The van der Waals surface area contributed by atoms with Crippen LogP contribution in [0.1, 0.15) is 17.5 Å². The van der Waals surface area contributed by atoms with E-state index in [9.17, 15) is 4.79 Å². The lowest BCUT2D eigenvalue weighted by Gasteiger charge is -2.00. The third-order valence-corrected chi connectivity index (χ3v) is 3.23. The molecule has 0 saturated heterocycles. The molecule has 0 spiro atoms. The molecular formula is C17H15N3O. The maximum absolute atomic E-state index is 11.9. The summed E-state index contributed by atoms with van der Waals surface area (Å²) in [7, 11) is 0. The number of amides is 1. The zero-order valence-electron chi connectivity index (χ0n) is 11.5. The van der Waals surface area contributed by atoms with Crippen molar-refractivity contribution in [1.82, 2.24) is 10.3 Å². The maximum Gasteiger partial charge on any atom is 0.275 e. The Labute approximate surface area is 123 Å². The van der Waals surface area contributed by atoms with Gasteiger partial charge in [0, 0.05) is 18.8 Å². The number of aromatic nitrogens is 1. The van der Waals surface area contributed by atoms with E-state index in [0.29, 0.717) is 5.70 Å². The van der Waals surface area contributed by atoms with Crippen LogP contribution in [0.4, 0.5) is 0 Å². The molecule has 1 aromatic carbocycles. The van der Waals surface area contributed by atoms with Gasteiger partial charge in [-0.15, -0.1) is 0 Å². The summed E-state index contributed by atoms with van der Waals surface area (Å²) in [6, 6.07) is 13.9. The average molecular weight is 277 g/mol. The predicted molar refractivity (Wildman–Crippen MR) is 82.6 cm³/mol. The fourth-order valence-electron chi connectivity index (χ4n) is 2.16. The van der Waals surface area contributed by atoms with Crippen LogP contribution in [0.5, 0.6) is 0 Å². The summed E-state index contributed by atoms with van der Waals surface area (Å²) in [4.78, 5) is 20.3. The van der Waals surface area contributed by atoms with Crippen molar-refractivity contribution in [2.45, 2.75) is 12.8 Å². The summed E-state index contributed by atoms with van der Waals surface area (Å²) in [5.41, 5.74) is 2.54. The Morgan fingerprint density at radius 2 is 1.90 bits per heavy atom. The summed E-state index contributed by atoms with van der Waals surface area (Å²) in [6.45, 7) is 0. The second-order valence-corrected chi connectivity index (χ2v) is 4.81. The van der Waals surface area contributed by atoms with E-state index in [1.54, 1.807) is 18.5 Å². The van der Waals surface area contributed by atoms with E-state index in [2.05, 4.69) is 27.4 Å². The minimum Gasteiger partial charge on any atom is -0.309 e. The van der Waals surface area contributed by atoms with Gasteiger partial charge in [0.05, 0.1) is 0 Å². The van der Waals surface area contributed by atoms with E-state index >= 15 is 0 Å². The standard InChI is InChI=1S/C17H15N3O/c21-17-15(11-14-7-4-10-18-12-14)19-16(20-17)9-8-13-5-2-1-3-6-13/h1-7,10-12H,8-9H2,(H,19,20,21)/b15-11+. The Kier molecular flexibility index (Phi) is 3.87. The van der Waals surface area contributed by atoms with Crippen LogP contribution >= 0.6 is 0 Å². The number of aliphatic imine (C=N–C) groups is 1. The third-order valence-electron chi connectivity index (χ3n) is 3.23. The molecular weight excluding hydrogens is 262 g/mol. The summed E-state index contributed by atoms with van der Waals surface area (Å²) >= 11 is 0. The van der Waals surface area contributed by atoms with Gasteiger partial charge >= 0.3 is 0 Å². The predicted octanol–water partition coefficient (Wildman–Crippen LogP) is 2.58. The largest absolute Gasteiger partial charge is 0.309 e. The Bertz CT molecular complexity index is 690. The van der Waals surface area contributed by atoms with Crippen molar-refractivity contribution in [2.24, 2.45) is 4.99 Å². The van der Waals surface area contributed by atoms with E-state index in [1.807, 2.05) is 30.3 Å². The van der Waals surface area contributed by atoms with E-state index in [-0.39, 0.29) is 5.91 Å². The number of carbonyl (C=O) groups is 1. The van der Waals surface area contributed by atoms with Crippen LogP contribution in [0.3, 0.4) is 0 Å². The lowest BCUT2D eigenvalue weighted by Crippen LogP contribution is -2.24. The SMILES string of the molecule is O=C1NC(CCc2ccccc2)=N/C1=C/c1cccnc1. The van der Waals surface area contributed by atoms with Crippen LogP contribution in [-0.4, -0.2) is 16.7 Å². The number of pyridine rings is 1. The van der Waals surface area contributed by atoms with Crippen molar-refractivity contribution >= 4 is 17.8 Å². The highest BCUT2D eigenvalue weighted by molar-refractivity contribution is 6.14. The minimum atomic E-state index is -0.151.